The van der Waals surface area contributed by atoms with E-state index in [2.05, 4.69) is 17.2 Å². The Kier molecular flexibility index (Phi) is 3.60. The molecular weight excluding hydrogens is 212 g/mol. The first-order valence-electron chi connectivity index (χ1n) is 5.72. The Labute approximate surface area is 101 Å². The van der Waals surface area contributed by atoms with Crippen LogP contribution in [0.15, 0.2) is 42.6 Å². The summed E-state index contributed by atoms with van der Waals surface area (Å²) in [6.07, 6.45) is 1.73. The number of aromatic nitrogens is 1. The first-order chi connectivity index (χ1) is 8.28. The molecule has 0 unspecified atom stereocenters. The van der Waals surface area contributed by atoms with Gasteiger partial charge in [0.2, 0.25) is 0 Å². The maximum atomic E-state index is 5.72. The molecular formula is C14H16N2O. The second kappa shape index (κ2) is 5.34. The van der Waals surface area contributed by atoms with Crippen LogP contribution in [0.3, 0.4) is 0 Å². The van der Waals surface area contributed by atoms with Crippen molar-refractivity contribution in [3.05, 3.63) is 48.3 Å². The number of hydrogen-bond acceptors (Lipinski definition) is 3. The lowest BCUT2D eigenvalue weighted by Crippen LogP contribution is -1.96. The molecule has 0 atom stereocenters. The van der Waals surface area contributed by atoms with Crippen molar-refractivity contribution in [1.82, 2.24) is 4.98 Å². The van der Waals surface area contributed by atoms with Gasteiger partial charge in [-0.25, -0.2) is 0 Å². The van der Waals surface area contributed by atoms with Gasteiger partial charge in [0.1, 0.15) is 11.5 Å². The van der Waals surface area contributed by atoms with Gasteiger partial charge in [0.05, 0.1) is 6.20 Å². The molecule has 17 heavy (non-hydrogen) atoms. The summed E-state index contributed by atoms with van der Waals surface area (Å²) < 4.78 is 5.72. The topological polar surface area (TPSA) is 34.1 Å². The van der Waals surface area contributed by atoms with Gasteiger partial charge in [0.25, 0.3) is 0 Å². The number of rotatable bonds is 4. The van der Waals surface area contributed by atoms with E-state index >= 15 is 0 Å². The van der Waals surface area contributed by atoms with Crippen molar-refractivity contribution < 1.29 is 4.74 Å². The summed E-state index contributed by atoms with van der Waals surface area (Å²) in [7, 11) is 0. The van der Waals surface area contributed by atoms with Gasteiger partial charge in [0.15, 0.2) is 0 Å². The Hall–Kier alpha value is -2.03. The van der Waals surface area contributed by atoms with Crippen LogP contribution in [-0.2, 0) is 0 Å². The highest BCUT2D eigenvalue weighted by molar-refractivity contribution is 5.48. The van der Waals surface area contributed by atoms with Gasteiger partial charge in [-0.3, -0.25) is 4.98 Å². The van der Waals surface area contributed by atoms with E-state index in [4.69, 9.17) is 4.74 Å². The molecule has 0 aliphatic heterocycles. The summed E-state index contributed by atoms with van der Waals surface area (Å²) in [6, 6.07) is 11.7. The van der Waals surface area contributed by atoms with Gasteiger partial charge in [-0.1, -0.05) is 6.07 Å². The normalized spacial score (nSPS) is 10.0. The van der Waals surface area contributed by atoms with Gasteiger partial charge >= 0.3 is 0 Å². The molecule has 0 aliphatic carbocycles. The molecule has 0 fully saturated rings. The number of aryl methyl sites for hydroxylation is 1. The number of nitrogens with one attached hydrogen (secondary N) is 1. The number of hydrogen-bond donors (Lipinski definition) is 1. The van der Waals surface area contributed by atoms with Crippen LogP contribution in [0.1, 0.15) is 12.6 Å². The second-order valence-corrected chi connectivity index (χ2v) is 3.80. The fourth-order valence-electron chi connectivity index (χ4n) is 1.52. The zero-order valence-corrected chi connectivity index (χ0v) is 10.1. The molecule has 1 N–H and O–H groups in total. The Morgan fingerprint density at radius 2 is 2.06 bits per heavy atom. The van der Waals surface area contributed by atoms with E-state index in [-0.39, 0.29) is 0 Å². The van der Waals surface area contributed by atoms with Gasteiger partial charge in [-0.2, -0.15) is 0 Å². The summed E-state index contributed by atoms with van der Waals surface area (Å²) in [4.78, 5) is 4.19. The van der Waals surface area contributed by atoms with Gasteiger partial charge in [0, 0.05) is 24.0 Å². The third-order valence-corrected chi connectivity index (χ3v) is 2.33. The molecule has 0 saturated heterocycles. The van der Waals surface area contributed by atoms with Gasteiger partial charge < -0.3 is 10.1 Å². The van der Waals surface area contributed by atoms with Crippen molar-refractivity contribution in [3.8, 4) is 11.5 Å². The molecule has 2 aromatic rings. The fraction of sp³-hybridized carbons (Fsp3) is 0.214. The highest BCUT2D eigenvalue weighted by atomic mass is 16.5. The molecule has 3 heteroatoms. The van der Waals surface area contributed by atoms with Crippen molar-refractivity contribution in [2.75, 3.05) is 11.9 Å². The van der Waals surface area contributed by atoms with E-state index in [0.29, 0.717) is 0 Å². The highest BCUT2D eigenvalue weighted by Gasteiger charge is 1.98. The number of nitrogens with zero attached hydrogens (tertiary/aromatic N) is 1. The molecule has 0 aliphatic rings. The number of benzene rings is 1. The van der Waals surface area contributed by atoms with Crippen molar-refractivity contribution in [3.63, 3.8) is 0 Å². The van der Waals surface area contributed by atoms with Crippen LogP contribution in [0.2, 0.25) is 0 Å². The standard InChI is InChI=1S/C14H16N2O/c1-3-15-12-5-4-6-13(9-12)17-14-8-7-11(2)16-10-14/h4-10,15H,3H2,1-2H3. The number of ether oxygens (including phenoxy) is 1. The van der Waals surface area contributed by atoms with Crippen LogP contribution >= 0.6 is 0 Å². The van der Waals surface area contributed by atoms with Crippen LogP contribution in [-0.4, -0.2) is 11.5 Å². The lowest BCUT2D eigenvalue weighted by molar-refractivity contribution is 0.480. The zero-order valence-electron chi connectivity index (χ0n) is 10.1. The third-order valence-electron chi connectivity index (χ3n) is 2.33. The lowest BCUT2D eigenvalue weighted by atomic mass is 10.3. The summed E-state index contributed by atoms with van der Waals surface area (Å²) >= 11 is 0. The SMILES string of the molecule is CCNc1cccc(Oc2ccc(C)nc2)c1. The van der Waals surface area contributed by atoms with Crippen molar-refractivity contribution in [2.24, 2.45) is 0 Å². The molecule has 0 amide bonds. The van der Waals surface area contributed by atoms with E-state index in [9.17, 15) is 0 Å². The molecule has 0 radical (unpaired) electrons. The summed E-state index contributed by atoms with van der Waals surface area (Å²) in [5, 5.41) is 3.25. The van der Waals surface area contributed by atoms with Crippen molar-refractivity contribution >= 4 is 5.69 Å². The van der Waals surface area contributed by atoms with E-state index in [1.807, 2.05) is 43.3 Å². The van der Waals surface area contributed by atoms with Crippen LogP contribution in [0.25, 0.3) is 0 Å². The van der Waals surface area contributed by atoms with E-state index in [0.717, 1.165) is 29.4 Å². The first kappa shape index (κ1) is 11.5. The smallest absolute Gasteiger partial charge is 0.145 e. The summed E-state index contributed by atoms with van der Waals surface area (Å²) in [6.45, 7) is 4.92. The summed E-state index contributed by atoms with van der Waals surface area (Å²) in [5.74, 6) is 1.57. The Morgan fingerprint density at radius 1 is 1.18 bits per heavy atom. The molecule has 1 heterocycles. The Balaban J connectivity index is 2.12. The van der Waals surface area contributed by atoms with Crippen molar-refractivity contribution in [2.45, 2.75) is 13.8 Å². The molecule has 1 aromatic carbocycles. The average molecular weight is 228 g/mol. The van der Waals surface area contributed by atoms with E-state index in [1.54, 1.807) is 6.20 Å². The Bertz CT molecular complexity index is 480. The van der Waals surface area contributed by atoms with E-state index < -0.39 is 0 Å². The average Bonchev–Trinajstić information content (AvgIpc) is 2.33. The first-order valence-corrected chi connectivity index (χ1v) is 5.72. The molecule has 0 bridgehead atoms. The quantitative estimate of drug-likeness (QED) is 0.868. The monoisotopic (exact) mass is 228 g/mol. The van der Waals surface area contributed by atoms with Crippen LogP contribution < -0.4 is 10.1 Å². The summed E-state index contributed by atoms with van der Waals surface area (Å²) in [5.41, 5.74) is 2.05. The number of pyridine rings is 1. The molecule has 88 valence electrons. The minimum atomic E-state index is 0.754. The van der Waals surface area contributed by atoms with Gasteiger partial charge in [-0.15, -0.1) is 0 Å². The zero-order chi connectivity index (χ0) is 12.1. The largest absolute Gasteiger partial charge is 0.456 e. The molecule has 0 spiro atoms. The predicted molar refractivity (Wildman–Crippen MR) is 69.7 cm³/mol. The highest BCUT2D eigenvalue weighted by Crippen LogP contribution is 2.23. The van der Waals surface area contributed by atoms with Crippen LogP contribution in [0.5, 0.6) is 11.5 Å². The van der Waals surface area contributed by atoms with Crippen LogP contribution in [0.4, 0.5) is 5.69 Å². The Morgan fingerprint density at radius 3 is 2.76 bits per heavy atom. The van der Waals surface area contributed by atoms with Crippen molar-refractivity contribution in [1.29, 1.82) is 0 Å². The predicted octanol–water partition coefficient (Wildman–Crippen LogP) is 3.61. The molecule has 2 rings (SSSR count). The van der Waals surface area contributed by atoms with E-state index in [1.165, 1.54) is 0 Å². The minimum absolute atomic E-state index is 0.754. The third kappa shape index (κ3) is 3.21. The molecule has 0 saturated carbocycles. The fourth-order valence-corrected chi connectivity index (χ4v) is 1.52. The lowest BCUT2D eigenvalue weighted by Gasteiger charge is -2.08. The minimum Gasteiger partial charge on any atom is -0.456 e. The maximum absolute atomic E-state index is 5.72. The second-order valence-electron chi connectivity index (χ2n) is 3.80. The molecule has 3 nitrogen and oxygen atoms in total. The molecule has 1 aromatic heterocycles. The number of anilines is 1. The van der Waals surface area contributed by atoms with Crippen LogP contribution in [0, 0.1) is 6.92 Å². The van der Waals surface area contributed by atoms with Gasteiger partial charge in [-0.05, 0) is 38.1 Å². The maximum Gasteiger partial charge on any atom is 0.145 e.